The molecule has 0 bridgehead atoms. The molecule has 6 nitrogen and oxygen atoms in total. The Bertz CT molecular complexity index is 986. The highest BCUT2D eigenvalue weighted by Gasteiger charge is 2.24. The molecule has 1 aromatic heterocycles. The van der Waals surface area contributed by atoms with E-state index in [-0.39, 0.29) is 11.7 Å². The molecule has 1 N–H and O–H groups in total. The molecule has 4 rings (SSSR count). The van der Waals surface area contributed by atoms with Crippen LogP contribution in [-0.4, -0.2) is 47.0 Å². The molecule has 1 amide bonds. The van der Waals surface area contributed by atoms with Crippen LogP contribution in [0.25, 0.3) is 0 Å². The Morgan fingerprint density at radius 3 is 2.34 bits per heavy atom. The van der Waals surface area contributed by atoms with E-state index < -0.39 is 0 Å². The van der Waals surface area contributed by atoms with Crippen LogP contribution in [0.3, 0.4) is 0 Å². The Morgan fingerprint density at radius 2 is 1.66 bits per heavy atom. The molecule has 0 radical (unpaired) electrons. The molecular weight excluding hydrogens is 369 g/mol. The third-order valence-electron chi connectivity index (χ3n) is 4.86. The summed E-state index contributed by atoms with van der Waals surface area (Å²) in [5.74, 6) is 0.601. The fourth-order valence-electron chi connectivity index (χ4n) is 3.39. The molecule has 0 atom stereocenters. The van der Waals surface area contributed by atoms with Gasteiger partial charge in [-0.25, -0.2) is 14.4 Å². The third kappa shape index (κ3) is 4.51. The number of hydrogen-bond acceptors (Lipinski definition) is 5. The van der Waals surface area contributed by atoms with Crippen molar-refractivity contribution in [2.75, 3.05) is 36.4 Å². The molecule has 0 aliphatic carbocycles. The summed E-state index contributed by atoms with van der Waals surface area (Å²) in [4.78, 5) is 25.7. The lowest BCUT2D eigenvalue weighted by molar-refractivity contribution is 0.0740. The number of anilines is 3. The highest BCUT2D eigenvalue weighted by atomic mass is 19.1. The van der Waals surface area contributed by atoms with Crippen molar-refractivity contribution in [1.82, 2.24) is 14.9 Å². The van der Waals surface area contributed by atoms with Gasteiger partial charge < -0.3 is 15.1 Å². The summed E-state index contributed by atoms with van der Waals surface area (Å²) in [7, 11) is 0. The largest absolute Gasteiger partial charge is 0.368 e. The number of piperazine rings is 1. The van der Waals surface area contributed by atoms with E-state index >= 15 is 0 Å². The normalized spacial score (nSPS) is 14.0. The van der Waals surface area contributed by atoms with Gasteiger partial charge in [-0.2, -0.15) is 0 Å². The van der Waals surface area contributed by atoms with Crippen LogP contribution in [0, 0.1) is 12.7 Å². The van der Waals surface area contributed by atoms with Gasteiger partial charge in [-0.15, -0.1) is 0 Å². The van der Waals surface area contributed by atoms with Crippen LogP contribution in [-0.2, 0) is 0 Å². The number of aryl methyl sites for hydroxylation is 1. The number of para-hydroxylation sites is 1. The van der Waals surface area contributed by atoms with Gasteiger partial charge in [-0.3, -0.25) is 4.79 Å². The number of nitrogens with zero attached hydrogens (tertiary/aromatic N) is 4. The molecule has 0 saturated carbocycles. The summed E-state index contributed by atoms with van der Waals surface area (Å²) in [6, 6.07) is 17.8. The smallest absolute Gasteiger partial charge is 0.272 e. The molecule has 7 heteroatoms. The molecule has 3 aromatic rings. The summed E-state index contributed by atoms with van der Waals surface area (Å²) in [5, 5.41) is 3.10. The number of carbonyl (C=O) groups excluding carboxylic acids is 1. The van der Waals surface area contributed by atoms with Gasteiger partial charge in [0.2, 0.25) is 0 Å². The van der Waals surface area contributed by atoms with Crippen molar-refractivity contribution in [3.63, 3.8) is 0 Å². The Kier molecular flexibility index (Phi) is 5.37. The molecule has 1 aliphatic heterocycles. The van der Waals surface area contributed by atoms with Crippen LogP contribution in [0.5, 0.6) is 0 Å². The number of hydrogen-bond donors (Lipinski definition) is 1. The number of carbonyl (C=O) groups is 1. The van der Waals surface area contributed by atoms with E-state index in [1.807, 2.05) is 23.1 Å². The Morgan fingerprint density at radius 1 is 0.966 bits per heavy atom. The average molecular weight is 391 g/mol. The first-order chi connectivity index (χ1) is 14.1. The molecule has 2 aromatic carbocycles. The summed E-state index contributed by atoms with van der Waals surface area (Å²) in [6.07, 6.45) is 0. The van der Waals surface area contributed by atoms with Crippen molar-refractivity contribution in [3.8, 4) is 0 Å². The van der Waals surface area contributed by atoms with Gasteiger partial charge in [-0.1, -0.05) is 18.2 Å². The molecule has 0 spiro atoms. The van der Waals surface area contributed by atoms with E-state index in [0.717, 1.165) is 13.1 Å². The first-order valence-corrected chi connectivity index (χ1v) is 9.56. The number of benzene rings is 2. The molecule has 1 fully saturated rings. The lowest BCUT2D eigenvalue weighted by Crippen LogP contribution is -2.49. The van der Waals surface area contributed by atoms with Crippen molar-refractivity contribution in [2.24, 2.45) is 0 Å². The van der Waals surface area contributed by atoms with Crippen LogP contribution in [0.15, 0.2) is 60.7 Å². The summed E-state index contributed by atoms with van der Waals surface area (Å²) in [6.45, 7) is 4.58. The van der Waals surface area contributed by atoms with Gasteiger partial charge in [-0.05, 0) is 43.3 Å². The SMILES string of the molecule is Cc1nc(Nc2ccc(F)cc2)cc(C(=O)N2CCN(c3ccccc3)CC2)n1. The maximum absolute atomic E-state index is 13.1. The maximum Gasteiger partial charge on any atom is 0.272 e. The van der Waals surface area contributed by atoms with Gasteiger partial charge in [0.05, 0.1) is 0 Å². The Balaban J connectivity index is 1.45. The molecule has 1 aliphatic rings. The number of halogens is 1. The predicted molar refractivity (Wildman–Crippen MR) is 111 cm³/mol. The third-order valence-corrected chi connectivity index (χ3v) is 4.86. The molecule has 1 saturated heterocycles. The van der Waals surface area contributed by atoms with Crippen LogP contribution in [0.2, 0.25) is 0 Å². The van der Waals surface area contributed by atoms with Crippen LogP contribution in [0.4, 0.5) is 21.6 Å². The summed E-state index contributed by atoms with van der Waals surface area (Å²) < 4.78 is 13.1. The predicted octanol–water partition coefficient (Wildman–Crippen LogP) is 3.63. The second-order valence-electron chi connectivity index (χ2n) is 6.93. The quantitative estimate of drug-likeness (QED) is 0.736. The molecular formula is C22H22FN5O. The monoisotopic (exact) mass is 391 g/mol. The standard InChI is InChI=1S/C22H22FN5O/c1-16-24-20(15-21(25-16)26-18-9-7-17(23)8-10-18)22(29)28-13-11-27(12-14-28)19-5-3-2-4-6-19/h2-10,15H,11-14H2,1H3,(H,24,25,26). The first-order valence-electron chi connectivity index (χ1n) is 9.56. The van der Waals surface area contributed by atoms with Crippen LogP contribution < -0.4 is 10.2 Å². The topological polar surface area (TPSA) is 61.4 Å². The first kappa shape index (κ1) is 18.9. The van der Waals surface area contributed by atoms with Crippen molar-refractivity contribution in [1.29, 1.82) is 0 Å². The molecule has 2 heterocycles. The highest BCUT2D eigenvalue weighted by Crippen LogP contribution is 2.19. The minimum atomic E-state index is -0.306. The number of aromatic nitrogens is 2. The zero-order chi connectivity index (χ0) is 20.2. The van der Waals surface area contributed by atoms with Crippen LogP contribution in [0.1, 0.15) is 16.3 Å². The zero-order valence-electron chi connectivity index (χ0n) is 16.2. The number of amides is 1. The average Bonchev–Trinajstić information content (AvgIpc) is 2.75. The van der Waals surface area contributed by atoms with Gasteiger partial charge in [0.1, 0.15) is 23.2 Å². The fraction of sp³-hybridized carbons (Fsp3) is 0.227. The zero-order valence-corrected chi connectivity index (χ0v) is 16.2. The van der Waals surface area contributed by atoms with Gasteiger partial charge in [0.25, 0.3) is 5.91 Å². The number of rotatable bonds is 4. The van der Waals surface area contributed by atoms with E-state index in [4.69, 9.17) is 0 Å². The molecule has 29 heavy (non-hydrogen) atoms. The van der Waals surface area contributed by atoms with Gasteiger partial charge in [0, 0.05) is 43.6 Å². The molecule has 0 unspecified atom stereocenters. The second kappa shape index (κ2) is 8.26. The second-order valence-corrected chi connectivity index (χ2v) is 6.93. The fourth-order valence-corrected chi connectivity index (χ4v) is 3.39. The summed E-state index contributed by atoms with van der Waals surface area (Å²) >= 11 is 0. The van der Waals surface area contributed by atoms with Gasteiger partial charge in [0.15, 0.2) is 0 Å². The minimum absolute atomic E-state index is 0.106. The minimum Gasteiger partial charge on any atom is -0.368 e. The maximum atomic E-state index is 13.1. The van der Waals surface area contributed by atoms with Crippen molar-refractivity contribution in [3.05, 3.63) is 78.0 Å². The number of nitrogens with one attached hydrogen (secondary N) is 1. The Hall–Kier alpha value is -3.48. The van der Waals surface area contributed by atoms with E-state index in [2.05, 4.69) is 32.3 Å². The molecule has 148 valence electrons. The van der Waals surface area contributed by atoms with E-state index in [1.54, 1.807) is 25.1 Å². The Labute approximate surface area is 169 Å². The summed E-state index contributed by atoms with van der Waals surface area (Å²) in [5.41, 5.74) is 2.22. The van der Waals surface area contributed by atoms with Gasteiger partial charge >= 0.3 is 0 Å². The van der Waals surface area contributed by atoms with Crippen molar-refractivity contribution < 1.29 is 9.18 Å². The lowest BCUT2D eigenvalue weighted by atomic mass is 10.2. The lowest BCUT2D eigenvalue weighted by Gasteiger charge is -2.36. The van der Waals surface area contributed by atoms with E-state index in [1.165, 1.54) is 17.8 Å². The van der Waals surface area contributed by atoms with E-state index in [9.17, 15) is 9.18 Å². The van der Waals surface area contributed by atoms with Crippen molar-refractivity contribution in [2.45, 2.75) is 6.92 Å². The highest BCUT2D eigenvalue weighted by molar-refractivity contribution is 5.93. The van der Waals surface area contributed by atoms with Crippen molar-refractivity contribution >= 4 is 23.1 Å². The van der Waals surface area contributed by atoms with E-state index in [0.29, 0.717) is 36.1 Å². The van der Waals surface area contributed by atoms with Crippen LogP contribution >= 0.6 is 0 Å².